The maximum Gasteiger partial charge on any atom is 0.418 e. The number of carbonyl (C=O) groups is 1. The van der Waals surface area contributed by atoms with Crippen LogP contribution in [-0.4, -0.2) is 36.5 Å². The van der Waals surface area contributed by atoms with Crippen LogP contribution in [0.3, 0.4) is 0 Å². The van der Waals surface area contributed by atoms with E-state index in [9.17, 15) is 18.0 Å². The summed E-state index contributed by atoms with van der Waals surface area (Å²) in [4.78, 5) is 15.4. The minimum atomic E-state index is -4.45. The fraction of sp³-hybridized carbons (Fsp3) is 0.529. The van der Waals surface area contributed by atoms with Gasteiger partial charge in [0, 0.05) is 32.1 Å². The van der Waals surface area contributed by atoms with Crippen LogP contribution in [-0.2, 0) is 11.0 Å². The van der Waals surface area contributed by atoms with E-state index in [0.717, 1.165) is 19.0 Å². The van der Waals surface area contributed by atoms with Crippen molar-refractivity contribution in [3.8, 4) is 6.07 Å². The van der Waals surface area contributed by atoms with E-state index in [-0.39, 0.29) is 23.2 Å². The molecule has 1 aromatic rings. The van der Waals surface area contributed by atoms with E-state index in [0.29, 0.717) is 32.4 Å². The van der Waals surface area contributed by atoms with Gasteiger partial charge in [0.1, 0.15) is 0 Å². The number of carbonyl (C=O) groups excluding carboxylic acids is 1. The standard InChI is InChI=1S/C17H18F3N3O/c18-17(19,20)14-4-3-12(11-21)10-15(14)22-8-5-13(6-9-22)23-7-1-2-16(23)24/h3-4,10,13H,1-2,5-9H2. The van der Waals surface area contributed by atoms with Gasteiger partial charge in [-0.15, -0.1) is 0 Å². The molecule has 128 valence electrons. The minimum Gasteiger partial charge on any atom is -0.371 e. The van der Waals surface area contributed by atoms with E-state index < -0.39 is 11.7 Å². The lowest BCUT2D eigenvalue weighted by Gasteiger charge is -2.38. The Kier molecular flexibility index (Phi) is 4.39. The van der Waals surface area contributed by atoms with Crippen LogP contribution in [0.1, 0.15) is 36.8 Å². The Bertz CT molecular complexity index is 673. The molecule has 2 fully saturated rings. The molecule has 0 radical (unpaired) electrons. The van der Waals surface area contributed by atoms with Crippen LogP contribution < -0.4 is 4.90 Å². The minimum absolute atomic E-state index is 0.0627. The van der Waals surface area contributed by atoms with Gasteiger partial charge in [0.05, 0.1) is 22.9 Å². The number of benzene rings is 1. The Balaban J connectivity index is 1.78. The predicted molar refractivity (Wildman–Crippen MR) is 82.3 cm³/mol. The third-order valence-electron chi connectivity index (χ3n) is 4.79. The van der Waals surface area contributed by atoms with Crippen LogP contribution in [0.15, 0.2) is 18.2 Å². The summed E-state index contributed by atoms with van der Waals surface area (Å²) in [6.07, 6.45) is -1.71. The van der Waals surface area contributed by atoms with Crippen LogP contribution >= 0.6 is 0 Å². The maximum atomic E-state index is 13.3. The van der Waals surface area contributed by atoms with E-state index in [4.69, 9.17) is 5.26 Å². The average Bonchev–Trinajstić information content (AvgIpc) is 2.99. The quantitative estimate of drug-likeness (QED) is 0.833. The molecule has 2 aliphatic heterocycles. The van der Waals surface area contributed by atoms with Crippen LogP contribution in [0.25, 0.3) is 0 Å². The highest BCUT2D eigenvalue weighted by molar-refractivity contribution is 5.78. The van der Waals surface area contributed by atoms with Crippen molar-refractivity contribution in [2.75, 3.05) is 24.5 Å². The third kappa shape index (κ3) is 3.18. The van der Waals surface area contributed by atoms with Gasteiger partial charge in [-0.3, -0.25) is 4.79 Å². The van der Waals surface area contributed by atoms with Gasteiger partial charge in [-0.2, -0.15) is 18.4 Å². The molecule has 0 bridgehead atoms. The summed E-state index contributed by atoms with van der Waals surface area (Å²) >= 11 is 0. The van der Waals surface area contributed by atoms with E-state index in [1.807, 2.05) is 11.0 Å². The zero-order chi connectivity index (χ0) is 17.3. The highest BCUT2D eigenvalue weighted by Crippen LogP contribution is 2.38. The number of rotatable bonds is 2. The second-order valence-electron chi connectivity index (χ2n) is 6.25. The summed E-state index contributed by atoms with van der Waals surface area (Å²) in [6, 6.07) is 5.50. The van der Waals surface area contributed by atoms with Gasteiger partial charge in [0.25, 0.3) is 0 Å². The van der Waals surface area contributed by atoms with E-state index in [2.05, 4.69) is 0 Å². The molecule has 2 saturated heterocycles. The van der Waals surface area contributed by atoms with Crippen LogP contribution in [0.2, 0.25) is 0 Å². The smallest absolute Gasteiger partial charge is 0.371 e. The van der Waals surface area contributed by atoms with Crippen LogP contribution in [0.4, 0.5) is 18.9 Å². The molecule has 0 saturated carbocycles. The van der Waals surface area contributed by atoms with Crippen LogP contribution in [0, 0.1) is 11.3 Å². The number of piperidine rings is 1. The Labute approximate surface area is 138 Å². The number of nitriles is 1. The van der Waals surface area contributed by atoms with Gasteiger partial charge < -0.3 is 9.80 Å². The second kappa shape index (κ2) is 6.34. The zero-order valence-electron chi connectivity index (χ0n) is 13.1. The summed E-state index contributed by atoms with van der Waals surface area (Å²) in [6.45, 7) is 1.65. The van der Waals surface area contributed by atoms with Gasteiger partial charge in [-0.25, -0.2) is 0 Å². The Morgan fingerprint density at radius 3 is 2.42 bits per heavy atom. The molecule has 0 N–H and O–H groups in total. The zero-order valence-corrected chi connectivity index (χ0v) is 13.1. The van der Waals surface area contributed by atoms with Crippen LogP contribution in [0.5, 0.6) is 0 Å². The number of anilines is 1. The topological polar surface area (TPSA) is 47.3 Å². The lowest BCUT2D eigenvalue weighted by Crippen LogP contribution is -2.45. The molecule has 0 aliphatic carbocycles. The summed E-state index contributed by atoms with van der Waals surface area (Å²) < 4.78 is 39.8. The average molecular weight is 337 g/mol. The molecule has 1 amide bonds. The number of alkyl halides is 3. The number of nitrogens with zero attached hydrogens (tertiary/aromatic N) is 3. The lowest BCUT2D eigenvalue weighted by atomic mass is 10.0. The molecule has 7 heteroatoms. The Morgan fingerprint density at radius 1 is 1.17 bits per heavy atom. The molecular formula is C17H18F3N3O. The molecule has 1 aromatic carbocycles. The van der Waals surface area contributed by atoms with Crippen molar-refractivity contribution in [1.29, 1.82) is 5.26 Å². The molecule has 0 aromatic heterocycles. The van der Waals surface area contributed by atoms with E-state index >= 15 is 0 Å². The first kappa shape index (κ1) is 16.6. The van der Waals surface area contributed by atoms with Gasteiger partial charge >= 0.3 is 6.18 Å². The van der Waals surface area contributed by atoms with Crippen molar-refractivity contribution in [2.45, 2.75) is 37.9 Å². The third-order valence-corrected chi connectivity index (χ3v) is 4.79. The van der Waals surface area contributed by atoms with Gasteiger partial charge in [-0.1, -0.05) is 0 Å². The first-order chi connectivity index (χ1) is 11.4. The normalized spacial score (nSPS) is 19.7. The first-order valence-corrected chi connectivity index (χ1v) is 8.06. The Hall–Kier alpha value is -2.23. The van der Waals surface area contributed by atoms with Crippen molar-refractivity contribution in [3.05, 3.63) is 29.3 Å². The largest absolute Gasteiger partial charge is 0.418 e. The van der Waals surface area contributed by atoms with E-state index in [1.54, 1.807) is 4.90 Å². The second-order valence-corrected chi connectivity index (χ2v) is 6.25. The number of amides is 1. The van der Waals surface area contributed by atoms with Crippen molar-refractivity contribution in [2.24, 2.45) is 0 Å². The van der Waals surface area contributed by atoms with Gasteiger partial charge in [0.2, 0.25) is 5.91 Å². The van der Waals surface area contributed by atoms with Gasteiger partial charge in [0.15, 0.2) is 0 Å². The first-order valence-electron chi connectivity index (χ1n) is 8.06. The molecule has 2 heterocycles. The summed E-state index contributed by atoms with van der Waals surface area (Å²) in [5.41, 5.74) is -0.431. The Morgan fingerprint density at radius 2 is 1.88 bits per heavy atom. The highest BCUT2D eigenvalue weighted by Gasteiger charge is 2.37. The molecule has 0 unspecified atom stereocenters. The fourth-order valence-electron chi connectivity index (χ4n) is 3.58. The van der Waals surface area contributed by atoms with E-state index in [1.165, 1.54) is 12.1 Å². The monoisotopic (exact) mass is 337 g/mol. The predicted octanol–water partition coefficient (Wildman–Crippen LogP) is 3.17. The number of hydrogen-bond donors (Lipinski definition) is 0. The van der Waals surface area contributed by atoms with Crippen molar-refractivity contribution < 1.29 is 18.0 Å². The highest BCUT2D eigenvalue weighted by atomic mass is 19.4. The molecule has 0 atom stereocenters. The number of halogens is 3. The summed E-state index contributed by atoms with van der Waals surface area (Å²) in [5.74, 6) is 0.149. The molecule has 3 rings (SSSR count). The molecule has 2 aliphatic rings. The summed E-state index contributed by atoms with van der Waals surface area (Å²) in [5, 5.41) is 8.97. The SMILES string of the molecule is N#Cc1ccc(C(F)(F)F)c(N2CCC(N3CCCC3=O)CC2)c1. The number of likely N-dealkylation sites (tertiary alicyclic amines) is 1. The lowest BCUT2D eigenvalue weighted by molar-refractivity contribution is -0.137. The van der Waals surface area contributed by atoms with Crippen molar-refractivity contribution in [3.63, 3.8) is 0 Å². The molecule has 0 spiro atoms. The summed E-state index contributed by atoms with van der Waals surface area (Å²) in [7, 11) is 0. The molecule has 24 heavy (non-hydrogen) atoms. The number of hydrogen-bond acceptors (Lipinski definition) is 3. The van der Waals surface area contributed by atoms with Gasteiger partial charge in [-0.05, 0) is 37.5 Å². The molecular weight excluding hydrogens is 319 g/mol. The molecule has 4 nitrogen and oxygen atoms in total. The van der Waals surface area contributed by atoms with Crippen molar-refractivity contribution >= 4 is 11.6 Å². The maximum absolute atomic E-state index is 13.3. The van der Waals surface area contributed by atoms with Crippen molar-refractivity contribution in [1.82, 2.24) is 4.90 Å². The fourth-order valence-corrected chi connectivity index (χ4v) is 3.58.